The van der Waals surface area contributed by atoms with Crippen molar-refractivity contribution in [2.24, 2.45) is 17.8 Å². The van der Waals surface area contributed by atoms with Crippen molar-refractivity contribution in [3.63, 3.8) is 0 Å². The lowest BCUT2D eigenvalue weighted by molar-refractivity contribution is 0.175. The molecule has 2 aliphatic rings. The van der Waals surface area contributed by atoms with Crippen LogP contribution in [0.4, 0.5) is 0 Å². The Hall–Kier alpha value is -0.0800. The fourth-order valence-electron chi connectivity index (χ4n) is 3.86. The highest BCUT2D eigenvalue weighted by atomic mass is 15.1. The maximum Gasteiger partial charge on any atom is 0.00760 e. The molecule has 2 saturated carbocycles. The predicted molar refractivity (Wildman–Crippen MR) is 74.2 cm³/mol. The lowest BCUT2D eigenvalue weighted by Gasteiger charge is -2.31. The highest BCUT2D eigenvalue weighted by molar-refractivity contribution is 4.91. The molecule has 0 aromatic heterocycles. The quantitative estimate of drug-likeness (QED) is 0.686. The molecule has 17 heavy (non-hydrogen) atoms. The maximum absolute atomic E-state index is 3.43. The van der Waals surface area contributed by atoms with Crippen LogP contribution in [0, 0.1) is 17.8 Å². The monoisotopic (exact) mass is 238 g/mol. The van der Waals surface area contributed by atoms with E-state index in [0.29, 0.717) is 0 Å². The number of hydrogen-bond acceptors (Lipinski definition) is 2. The Morgan fingerprint density at radius 1 is 1.29 bits per heavy atom. The smallest absolute Gasteiger partial charge is 0.00760 e. The van der Waals surface area contributed by atoms with Gasteiger partial charge in [0.25, 0.3) is 0 Å². The largest absolute Gasteiger partial charge is 0.317 e. The zero-order valence-electron chi connectivity index (χ0n) is 11.9. The first-order valence-electron chi connectivity index (χ1n) is 7.61. The zero-order valence-corrected chi connectivity index (χ0v) is 11.9. The van der Waals surface area contributed by atoms with E-state index in [1.807, 2.05) is 0 Å². The van der Waals surface area contributed by atoms with Gasteiger partial charge in [0.15, 0.2) is 0 Å². The first kappa shape index (κ1) is 13.4. The summed E-state index contributed by atoms with van der Waals surface area (Å²) in [4.78, 5) is 2.60. The minimum Gasteiger partial charge on any atom is -0.317 e. The fraction of sp³-hybridized carbons (Fsp3) is 1.00. The van der Waals surface area contributed by atoms with Gasteiger partial charge in [-0.1, -0.05) is 13.3 Å². The molecule has 1 N–H and O–H groups in total. The molecule has 0 aromatic carbocycles. The summed E-state index contributed by atoms with van der Waals surface area (Å²) in [6.45, 7) is 8.17. The molecular formula is C15H30N2. The van der Waals surface area contributed by atoms with Crippen LogP contribution in [0.25, 0.3) is 0 Å². The molecule has 2 fully saturated rings. The Kier molecular flexibility index (Phi) is 4.87. The van der Waals surface area contributed by atoms with E-state index in [2.05, 4.69) is 31.1 Å². The molecule has 2 bridgehead atoms. The molecular weight excluding hydrogens is 208 g/mol. The summed E-state index contributed by atoms with van der Waals surface area (Å²) < 4.78 is 0. The van der Waals surface area contributed by atoms with Crippen molar-refractivity contribution in [2.45, 2.75) is 52.0 Å². The second-order valence-corrected chi connectivity index (χ2v) is 6.37. The summed E-state index contributed by atoms with van der Waals surface area (Å²) in [6, 6.07) is 0.730. The van der Waals surface area contributed by atoms with Crippen molar-refractivity contribution < 1.29 is 0 Å². The van der Waals surface area contributed by atoms with Gasteiger partial charge in [0.2, 0.25) is 0 Å². The number of fused-ring (bicyclic) bond motifs is 2. The van der Waals surface area contributed by atoms with Gasteiger partial charge in [0.1, 0.15) is 0 Å². The molecule has 2 aliphatic carbocycles. The Bertz CT molecular complexity index is 229. The predicted octanol–water partition coefficient (Wildman–Crippen LogP) is 2.74. The van der Waals surface area contributed by atoms with Gasteiger partial charge in [-0.2, -0.15) is 0 Å². The van der Waals surface area contributed by atoms with Crippen LogP contribution >= 0.6 is 0 Å². The Balaban J connectivity index is 1.67. The van der Waals surface area contributed by atoms with E-state index >= 15 is 0 Å². The lowest BCUT2D eigenvalue weighted by Crippen LogP contribution is -2.37. The van der Waals surface area contributed by atoms with Crippen molar-refractivity contribution >= 4 is 0 Å². The normalized spacial score (nSPS) is 33.5. The minimum absolute atomic E-state index is 0.730. The van der Waals surface area contributed by atoms with Gasteiger partial charge in [-0.25, -0.2) is 0 Å². The number of rotatable bonds is 7. The number of hydrogen-bond donors (Lipinski definition) is 1. The molecule has 2 nitrogen and oxygen atoms in total. The molecule has 0 radical (unpaired) electrons. The fourth-order valence-corrected chi connectivity index (χ4v) is 3.86. The SMILES string of the molecule is CCNCCC(C)N(C)CC1CC2CCC1C2. The van der Waals surface area contributed by atoms with Crippen LogP contribution in [-0.4, -0.2) is 37.6 Å². The lowest BCUT2D eigenvalue weighted by atomic mass is 9.88. The van der Waals surface area contributed by atoms with Crippen molar-refractivity contribution in [3.8, 4) is 0 Å². The van der Waals surface area contributed by atoms with Crippen molar-refractivity contribution in [2.75, 3.05) is 26.7 Å². The van der Waals surface area contributed by atoms with E-state index in [1.54, 1.807) is 6.42 Å². The average Bonchev–Trinajstić information content (AvgIpc) is 2.91. The van der Waals surface area contributed by atoms with E-state index in [1.165, 1.54) is 38.8 Å². The molecule has 4 unspecified atom stereocenters. The van der Waals surface area contributed by atoms with Crippen LogP contribution in [-0.2, 0) is 0 Å². The second kappa shape index (κ2) is 6.19. The third kappa shape index (κ3) is 3.45. The molecule has 0 aliphatic heterocycles. The van der Waals surface area contributed by atoms with Gasteiger partial charge in [-0.15, -0.1) is 0 Å². The molecule has 0 spiro atoms. The van der Waals surface area contributed by atoms with Crippen LogP contribution in [0.1, 0.15) is 46.0 Å². The van der Waals surface area contributed by atoms with Gasteiger partial charge in [0.05, 0.1) is 0 Å². The average molecular weight is 238 g/mol. The molecule has 4 atom stereocenters. The van der Waals surface area contributed by atoms with Gasteiger partial charge >= 0.3 is 0 Å². The van der Waals surface area contributed by atoms with E-state index in [-0.39, 0.29) is 0 Å². The summed E-state index contributed by atoms with van der Waals surface area (Å²) in [5.41, 5.74) is 0. The summed E-state index contributed by atoms with van der Waals surface area (Å²) in [6.07, 6.45) is 7.40. The summed E-state index contributed by atoms with van der Waals surface area (Å²) in [5, 5.41) is 3.43. The van der Waals surface area contributed by atoms with Crippen LogP contribution in [0.15, 0.2) is 0 Å². The number of nitrogens with zero attached hydrogens (tertiary/aromatic N) is 1. The molecule has 100 valence electrons. The Labute approximate surface area is 107 Å². The second-order valence-electron chi connectivity index (χ2n) is 6.37. The Morgan fingerprint density at radius 3 is 2.71 bits per heavy atom. The molecule has 0 aromatic rings. The molecule has 2 heteroatoms. The summed E-state index contributed by atoms with van der Waals surface area (Å²) in [7, 11) is 2.32. The van der Waals surface area contributed by atoms with Crippen LogP contribution in [0.3, 0.4) is 0 Å². The van der Waals surface area contributed by atoms with Gasteiger partial charge in [-0.05, 0) is 70.5 Å². The van der Waals surface area contributed by atoms with Crippen molar-refractivity contribution in [3.05, 3.63) is 0 Å². The van der Waals surface area contributed by atoms with E-state index in [0.717, 1.165) is 30.3 Å². The summed E-state index contributed by atoms with van der Waals surface area (Å²) >= 11 is 0. The van der Waals surface area contributed by atoms with Crippen LogP contribution < -0.4 is 5.32 Å². The topological polar surface area (TPSA) is 15.3 Å². The highest BCUT2D eigenvalue weighted by Gasteiger charge is 2.39. The van der Waals surface area contributed by atoms with E-state index < -0.39 is 0 Å². The number of nitrogens with one attached hydrogen (secondary N) is 1. The molecule has 2 rings (SSSR count). The van der Waals surface area contributed by atoms with Crippen LogP contribution in [0.5, 0.6) is 0 Å². The van der Waals surface area contributed by atoms with Gasteiger partial charge < -0.3 is 10.2 Å². The van der Waals surface area contributed by atoms with Crippen molar-refractivity contribution in [1.29, 1.82) is 0 Å². The van der Waals surface area contributed by atoms with E-state index in [9.17, 15) is 0 Å². The Morgan fingerprint density at radius 2 is 2.12 bits per heavy atom. The van der Waals surface area contributed by atoms with Crippen molar-refractivity contribution in [1.82, 2.24) is 10.2 Å². The third-order valence-electron chi connectivity index (χ3n) is 5.15. The third-order valence-corrected chi connectivity index (χ3v) is 5.15. The standard InChI is InChI=1S/C15H30N2/c1-4-16-8-7-12(2)17(3)11-15-10-13-5-6-14(15)9-13/h12-16H,4-11H2,1-3H3. The zero-order chi connectivity index (χ0) is 12.3. The van der Waals surface area contributed by atoms with Crippen LogP contribution in [0.2, 0.25) is 0 Å². The summed E-state index contributed by atoms with van der Waals surface area (Å²) in [5.74, 6) is 3.18. The molecule has 0 heterocycles. The first-order valence-corrected chi connectivity index (χ1v) is 7.61. The minimum atomic E-state index is 0.730. The first-order chi connectivity index (χ1) is 8.20. The molecule has 0 amide bonds. The van der Waals surface area contributed by atoms with Gasteiger partial charge in [-0.3, -0.25) is 0 Å². The maximum atomic E-state index is 3.43. The molecule has 0 saturated heterocycles. The highest BCUT2D eigenvalue weighted by Crippen LogP contribution is 2.48. The van der Waals surface area contributed by atoms with E-state index in [4.69, 9.17) is 0 Å². The van der Waals surface area contributed by atoms with Gasteiger partial charge in [0, 0.05) is 12.6 Å².